The summed E-state index contributed by atoms with van der Waals surface area (Å²) in [7, 11) is -7.75. The van der Waals surface area contributed by atoms with Crippen LogP contribution < -0.4 is 31.8 Å². The van der Waals surface area contributed by atoms with Crippen LogP contribution in [0, 0.1) is 0 Å². The van der Waals surface area contributed by atoms with Crippen molar-refractivity contribution in [3.8, 4) is 0 Å². The molecule has 226 valence electrons. The SMILES string of the molecule is F[B-](F)(F)F.[Ag+].c1ccc([PH+](c2ccccc2)c2ccccc2)cc1.c1ccc([PH+](c2ccccc2)c2ccccc2)cc1. The van der Waals surface area contributed by atoms with E-state index in [2.05, 4.69) is 182 Å². The van der Waals surface area contributed by atoms with Gasteiger partial charge in [0.25, 0.3) is 0 Å². The van der Waals surface area contributed by atoms with E-state index in [1.165, 1.54) is 31.8 Å². The van der Waals surface area contributed by atoms with E-state index in [-0.39, 0.29) is 22.4 Å². The molecule has 0 N–H and O–H groups in total. The van der Waals surface area contributed by atoms with Gasteiger partial charge in [0.15, 0.2) is 0 Å². The molecule has 0 nitrogen and oxygen atoms in total. The quantitative estimate of drug-likeness (QED) is 0.0943. The molecule has 0 aliphatic rings. The van der Waals surface area contributed by atoms with Crippen molar-refractivity contribution in [2.75, 3.05) is 0 Å². The Balaban J connectivity index is 0.000000205. The summed E-state index contributed by atoms with van der Waals surface area (Å²) in [6.07, 6.45) is 0. The molecule has 6 aromatic rings. The maximum Gasteiger partial charge on any atom is 1.00 e. The fourth-order valence-corrected chi connectivity index (χ4v) is 9.78. The first-order valence-electron chi connectivity index (χ1n) is 13.8. The average Bonchev–Trinajstić information content (AvgIpc) is 3.04. The summed E-state index contributed by atoms with van der Waals surface area (Å²) in [6, 6.07) is 65.0. The molecule has 0 aliphatic carbocycles. The molecule has 0 fully saturated rings. The maximum absolute atomic E-state index is 9.75. The standard InChI is InChI=1S/2C18H15P.Ag.BF4/c2*1-4-10-16(11-5-1)19(17-12-6-2-7-13-17)18-14-8-3-9-15-18;;2-1(3,4)5/h2*1-15H;;/q;;+1;-1/p+2. The summed E-state index contributed by atoms with van der Waals surface area (Å²) in [4.78, 5) is 0. The molecule has 0 bridgehead atoms. The summed E-state index contributed by atoms with van der Waals surface area (Å²) in [5.74, 6) is 0. The van der Waals surface area contributed by atoms with Gasteiger partial charge in [0, 0.05) is 0 Å². The monoisotopic (exact) mass is 720 g/mol. The van der Waals surface area contributed by atoms with Crippen molar-refractivity contribution in [3.05, 3.63) is 182 Å². The second-order valence-electron chi connectivity index (χ2n) is 9.44. The zero-order chi connectivity index (χ0) is 30.3. The maximum atomic E-state index is 9.75. The van der Waals surface area contributed by atoms with E-state index in [1.807, 2.05) is 0 Å². The van der Waals surface area contributed by atoms with Crippen molar-refractivity contribution >= 4 is 54.9 Å². The Bertz CT molecular complexity index is 1280. The summed E-state index contributed by atoms with van der Waals surface area (Å²) >= 11 is 0. The van der Waals surface area contributed by atoms with E-state index >= 15 is 0 Å². The molecule has 0 aromatic heterocycles. The molecule has 0 unspecified atom stereocenters. The van der Waals surface area contributed by atoms with Gasteiger partial charge < -0.3 is 17.3 Å². The van der Waals surface area contributed by atoms with Crippen LogP contribution in [0.25, 0.3) is 0 Å². The summed E-state index contributed by atoms with van der Waals surface area (Å²) in [5, 5.41) is 8.61. The third kappa shape index (κ3) is 11.7. The van der Waals surface area contributed by atoms with Crippen LogP contribution in [0.3, 0.4) is 0 Å². The third-order valence-corrected chi connectivity index (χ3v) is 11.8. The molecule has 0 heterocycles. The van der Waals surface area contributed by atoms with Gasteiger partial charge in [-0.15, -0.1) is 0 Å². The van der Waals surface area contributed by atoms with Gasteiger partial charge in [-0.05, 0) is 72.8 Å². The molecular weight excluding hydrogens is 689 g/mol. The zero-order valence-electron chi connectivity index (χ0n) is 23.7. The predicted octanol–water partition coefficient (Wildman–Crippen LogP) is 7.65. The number of hydrogen-bond donors (Lipinski definition) is 0. The van der Waals surface area contributed by atoms with E-state index in [4.69, 9.17) is 0 Å². The van der Waals surface area contributed by atoms with Crippen molar-refractivity contribution in [2.24, 2.45) is 0 Å². The molecule has 0 spiro atoms. The van der Waals surface area contributed by atoms with Gasteiger partial charge in [-0.1, -0.05) is 109 Å². The molecule has 0 aliphatic heterocycles. The minimum atomic E-state index is -6.00. The van der Waals surface area contributed by atoms with Gasteiger partial charge in [0.1, 0.15) is 31.8 Å². The van der Waals surface area contributed by atoms with Crippen LogP contribution in [0.15, 0.2) is 182 Å². The van der Waals surface area contributed by atoms with E-state index in [0.717, 1.165) is 0 Å². The van der Waals surface area contributed by atoms with Gasteiger partial charge in [0.2, 0.25) is 0 Å². The van der Waals surface area contributed by atoms with Crippen molar-refractivity contribution in [1.29, 1.82) is 0 Å². The van der Waals surface area contributed by atoms with Crippen LogP contribution in [0.1, 0.15) is 0 Å². The van der Waals surface area contributed by atoms with Crippen LogP contribution in [-0.2, 0) is 22.4 Å². The van der Waals surface area contributed by atoms with Crippen molar-refractivity contribution < 1.29 is 39.6 Å². The summed E-state index contributed by atoms with van der Waals surface area (Å²) in [5.41, 5.74) is 0. The molecule has 0 atom stereocenters. The third-order valence-electron chi connectivity index (χ3n) is 6.37. The molecule has 8 heteroatoms. The first-order valence-corrected chi connectivity index (χ1v) is 16.8. The molecule has 6 aromatic carbocycles. The van der Waals surface area contributed by atoms with Gasteiger partial charge >= 0.3 is 29.6 Å². The molecule has 6 rings (SSSR count). The van der Waals surface area contributed by atoms with E-state index in [1.54, 1.807) is 0 Å². The van der Waals surface area contributed by atoms with Crippen LogP contribution in [0.5, 0.6) is 0 Å². The van der Waals surface area contributed by atoms with E-state index in [0.29, 0.717) is 0 Å². The van der Waals surface area contributed by atoms with E-state index < -0.39 is 23.1 Å². The Morgan fingerprint density at radius 1 is 0.273 bits per heavy atom. The van der Waals surface area contributed by atoms with E-state index in [9.17, 15) is 17.3 Å². The van der Waals surface area contributed by atoms with Gasteiger partial charge in [0.05, 0.1) is 15.8 Å². The Kier molecular flexibility index (Phi) is 14.8. The Labute approximate surface area is 275 Å². The number of halogens is 4. The molecular formula is C36H32AgBF4P2+2. The first kappa shape index (κ1) is 35.2. The normalized spacial score (nSPS) is 10.5. The van der Waals surface area contributed by atoms with Gasteiger partial charge in [-0.25, -0.2) is 0 Å². The molecule has 0 saturated heterocycles. The molecule has 44 heavy (non-hydrogen) atoms. The summed E-state index contributed by atoms with van der Waals surface area (Å²) < 4.78 is 39.0. The first-order chi connectivity index (χ1) is 20.9. The van der Waals surface area contributed by atoms with Crippen molar-refractivity contribution in [2.45, 2.75) is 0 Å². The topological polar surface area (TPSA) is 0 Å². The van der Waals surface area contributed by atoms with Gasteiger partial charge in [-0.2, -0.15) is 0 Å². The van der Waals surface area contributed by atoms with Gasteiger partial charge in [-0.3, -0.25) is 0 Å². The fraction of sp³-hybridized carbons (Fsp3) is 0. The molecule has 0 amide bonds. The smallest absolute Gasteiger partial charge is 0.418 e. The van der Waals surface area contributed by atoms with Crippen LogP contribution in [0.2, 0.25) is 0 Å². The summed E-state index contributed by atoms with van der Waals surface area (Å²) in [6.45, 7) is 0. The minimum absolute atomic E-state index is 0. The number of hydrogen-bond acceptors (Lipinski definition) is 0. The van der Waals surface area contributed by atoms with Crippen LogP contribution in [0.4, 0.5) is 17.3 Å². The van der Waals surface area contributed by atoms with Crippen molar-refractivity contribution in [1.82, 2.24) is 0 Å². The Morgan fingerprint density at radius 2 is 0.386 bits per heavy atom. The van der Waals surface area contributed by atoms with Crippen LogP contribution in [-0.4, -0.2) is 7.25 Å². The zero-order valence-corrected chi connectivity index (χ0v) is 27.2. The van der Waals surface area contributed by atoms with Crippen molar-refractivity contribution in [3.63, 3.8) is 0 Å². The Morgan fingerprint density at radius 3 is 0.500 bits per heavy atom. The number of rotatable bonds is 6. The fourth-order valence-electron chi connectivity index (χ4n) is 4.63. The minimum Gasteiger partial charge on any atom is -0.418 e. The average molecular weight is 721 g/mol. The molecule has 0 saturated carbocycles. The second kappa shape index (κ2) is 18.5. The van der Waals surface area contributed by atoms with Crippen LogP contribution >= 0.6 is 15.8 Å². The number of benzene rings is 6. The largest absolute Gasteiger partial charge is 1.00 e. The predicted molar refractivity (Wildman–Crippen MR) is 183 cm³/mol. The molecule has 0 radical (unpaired) electrons. The Hall–Kier alpha value is -3.29. The second-order valence-corrected chi connectivity index (χ2v) is 14.4.